The Morgan fingerprint density at radius 3 is 2.55 bits per heavy atom. The molecule has 1 fully saturated rings. The number of carbonyl (C=O) groups excluding carboxylic acids is 1. The van der Waals surface area contributed by atoms with E-state index in [4.69, 9.17) is 9.88 Å². The molecule has 1 aliphatic rings. The van der Waals surface area contributed by atoms with Crippen LogP contribution >= 0.6 is 0 Å². The first-order chi connectivity index (χ1) is 9.29. The average Bonchev–Trinajstić information content (AvgIpc) is 3.14. The lowest BCUT2D eigenvalue weighted by Crippen LogP contribution is -2.18. The van der Waals surface area contributed by atoms with E-state index < -0.39 is 38.1 Å². The van der Waals surface area contributed by atoms with E-state index in [1.165, 1.54) is 0 Å². The van der Waals surface area contributed by atoms with Crippen molar-refractivity contribution >= 4 is 16.0 Å². The molecule has 0 aliphatic heterocycles. The van der Waals surface area contributed by atoms with Crippen molar-refractivity contribution in [3.05, 3.63) is 29.3 Å². The molecular formula is C12H13F2NO4S. The highest BCUT2D eigenvalue weighted by atomic mass is 32.2. The molecule has 110 valence electrons. The predicted octanol–water partition coefficient (Wildman–Crippen LogP) is 1.57. The lowest BCUT2D eigenvalue weighted by atomic mass is 10.2. The maximum absolute atomic E-state index is 13.9. The lowest BCUT2D eigenvalue weighted by Gasteiger charge is -2.08. The molecule has 2 N–H and O–H groups in total. The molecule has 0 aromatic heterocycles. The molecule has 0 atom stereocenters. The van der Waals surface area contributed by atoms with Gasteiger partial charge in [0.15, 0.2) is 5.82 Å². The van der Waals surface area contributed by atoms with Gasteiger partial charge in [-0.2, -0.15) is 0 Å². The van der Waals surface area contributed by atoms with E-state index in [1.54, 1.807) is 0 Å². The van der Waals surface area contributed by atoms with E-state index in [9.17, 15) is 22.0 Å². The minimum atomic E-state index is -4.46. The highest BCUT2D eigenvalue weighted by Gasteiger charge is 2.25. The number of primary sulfonamides is 1. The van der Waals surface area contributed by atoms with E-state index >= 15 is 0 Å². The smallest absolute Gasteiger partial charge is 0.341 e. The molecule has 1 aromatic carbocycles. The zero-order chi connectivity index (χ0) is 14.9. The SMILES string of the molecule is NS(=O)(=O)c1cc(F)cc(C(=O)OCCC2CC2)c1F. The number of nitrogens with two attached hydrogens (primary N) is 1. The van der Waals surface area contributed by atoms with Gasteiger partial charge in [0.1, 0.15) is 10.7 Å². The Hall–Kier alpha value is -1.54. The summed E-state index contributed by atoms with van der Waals surface area (Å²) in [6.07, 6.45) is 2.80. The summed E-state index contributed by atoms with van der Waals surface area (Å²) in [5, 5.41) is 4.76. The lowest BCUT2D eigenvalue weighted by molar-refractivity contribution is 0.0488. The number of sulfonamides is 1. The van der Waals surface area contributed by atoms with Crippen LogP contribution in [0.4, 0.5) is 8.78 Å². The van der Waals surface area contributed by atoms with Crippen LogP contribution in [-0.4, -0.2) is 21.0 Å². The first-order valence-corrected chi connectivity index (χ1v) is 7.52. The third-order valence-corrected chi connectivity index (χ3v) is 3.90. The van der Waals surface area contributed by atoms with E-state index in [2.05, 4.69) is 0 Å². The Labute approximate surface area is 114 Å². The van der Waals surface area contributed by atoms with E-state index in [0.29, 0.717) is 24.5 Å². The minimum Gasteiger partial charge on any atom is -0.462 e. The van der Waals surface area contributed by atoms with Crippen LogP contribution in [0.25, 0.3) is 0 Å². The fourth-order valence-electron chi connectivity index (χ4n) is 1.72. The summed E-state index contributed by atoms with van der Waals surface area (Å²) in [7, 11) is -4.46. The van der Waals surface area contributed by atoms with Gasteiger partial charge in [0.2, 0.25) is 10.0 Å². The van der Waals surface area contributed by atoms with Crippen molar-refractivity contribution in [3.8, 4) is 0 Å². The van der Waals surface area contributed by atoms with Gasteiger partial charge in [0.05, 0.1) is 12.2 Å². The fraction of sp³-hybridized carbons (Fsp3) is 0.417. The molecule has 0 radical (unpaired) electrons. The average molecular weight is 305 g/mol. The van der Waals surface area contributed by atoms with Gasteiger partial charge in [-0.25, -0.2) is 27.1 Å². The van der Waals surface area contributed by atoms with Crippen molar-refractivity contribution in [2.75, 3.05) is 6.61 Å². The van der Waals surface area contributed by atoms with Crippen molar-refractivity contribution in [1.82, 2.24) is 0 Å². The number of halogens is 2. The van der Waals surface area contributed by atoms with Crippen LogP contribution in [0.15, 0.2) is 17.0 Å². The molecule has 1 aliphatic carbocycles. The zero-order valence-electron chi connectivity index (χ0n) is 10.4. The molecule has 0 spiro atoms. The molecule has 8 heteroatoms. The van der Waals surface area contributed by atoms with Crippen molar-refractivity contribution < 1.29 is 26.7 Å². The molecule has 1 saturated carbocycles. The summed E-state index contributed by atoms with van der Waals surface area (Å²) >= 11 is 0. The minimum absolute atomic E-state index is 0.0875. The van der Waals surface area contributed by atoms with Gasteiger partial charge in [-0.3, -0.25) is 0 Å². The highest BCUT2D eigenvalue weighted by Crippen LogP contribution is 2.32. The number of esters is 1. The van der Waals surface area contributed by atoms with E-state index in [1.807, 2.05) is 0 Å². The van der Waals surface area contributed by atoms with Crippen LogP contribution in [0, 0.1) is 17.6 Å². The first kappa shape index (κ1) is 14.9. The van der Waals surface area contributed by atoms with Crippen LogP contribution in [-0.2, 0) is 14.8 Å². The van der Waals surface area contributed by atoms with Crippen molar-refractivity contribution in [1.29, 1.82) is 0 Å². The quantitative estimate of drug-likeness (QED) is 0.837. The number of hydrogen-bond donors (Lipinski definition) is 1. The van der Waals surface area contributed by atoms with Gasteiger partial charge in [0, 0.05) is 0 Å². The van der Waals surface area contributed by atoms with E-state index in [-0.39, 0.29) is 6.61 Å². The molecular weight excluding hydrogens is 292 g/mol. The standard InChI is InChI=1S/C12H13F2NO4S/c13-8-5-9(11(14)10(6-8)20(15,17)18)12(16)19-4-3-7-1-2-7/h5-7H,1-4H2,(H2,15,17,18). The van der Waals surface area contributed by atoms with Crippen LogP contribution in [0.5, 0.6) is 0 Å². The summed E-state index contributed by atoms with van der Waals surface area (Å²) in [6, 6.07) is 1.01. The monoisotopic (exact) mass is 305 g/mol. The Bertz CT molecular complexity index is 641. The third kappa shape index (κ3) is 3.51. The molecule has 20 heavy (non-hydrogen) atoms. The van der Waals surface area contributed by atoms with Crippen molar-refractivity contribution in [2.24, 2.45) is 11.1 Å². The van der Waals surface area contributed by atoms with Gasteiger partial charge in [-0.1, -0.05) is 12.8 Å². The number of rotatable bonds is 5. The highest BCUT2D eigenvalue weighted by molar-refractivity contribution is 7.89. The van der Waals surface area contributed by atoms with E-state index in [0.717, 1.165) is 12.8 Å². The fourth-order valence-corrected chi connectivity index (χ4v) is 2.36. The Balaban J connectivity index is 2.21. The summed E-state index contributed by atoms with van der Waals surface area (Å²) in [6.45, 7) is 0.0875. The zero-order valence-corrected chi connectivity index (χ0v) is 11.3. The molecule has 0 saturated heterocycles. The third-order valence-electron chi connectivity index (χ3n) is 2.99. The predicted molar refractivity (Wildman–Crippen MR) is 65.4 cm³/mol. The number of ether oxygens (including phenoxy) is 1. The van der Waals surface area contributed by atoms with Crippen LogP contribution < -0.4 is 5.14 Å². The molecule has 5 nitrogen and oxygen atoms in total. The normalized spacial score (nSPS) is 15.2. The van der Waals surface area contributed by atoms with Crippen molar-refractivity contribution in [3.63, 3.8) is 0 Å². The van der Waals surface area contributed by atoms with Crippen molar-refractivity contribution in [2.45, 2.75) is 24.2 Å². The molecule has 1 aromatic rings. The number of hydrogen-bond acceptors (Lipinski definition) is 4. The number of carbonyl (C=O) groups is 1. The maximum Gasteiger partial charge on any atom is 0.341 e. The Morgan fingerprint density at radius 1 is 1.35 bits per heavy atom. The van der Waals surface area contributed by atoms with Crippen LogP contribution in [0.1, 0.15) is 29.6 Å². The first-order valence-electron chi connectivity index (χ1n) is 5.98. The summed E-state index contributed by atoms with van der Waals surface area (Å²) < 4.78 is 54.2. The number of benzene rings is 1. The molecule has 0 bridgehead atoms. The molecule has 2 rings (SSSR count). The van der Waals surface area contributed by atoms with Crippen LogP contribution in [0.2, 0.25) is 0 Å². The molecule has 0 amide bonds. The summed E-state index contributed by atoms with van der Waals surface area (Å²) in [4.78, 5) is 10.6. The summed E-state index contributed by atoms with van der Waals surface area (Å²) in [5.74, 6) is -3.07. The van der Waals surface area contributed by atoms with Gasteiger partial charge in [-0.15, -0.1) is 0 Å². The Kier molecular flexibility index (Phi) is 4.05. The molecule has 0 unspecified atom stereocenters. The van der Waals surface area contributed by atoms with Gasteiger partial charge in [0.25, 0.3) is 0 Å². The maximum atomic E-state index is 13.9. The van der Waals surface area contributed by atoms with Gasteiger partial charge >= 0.3 is 5.97 Å². The second-order valence-electron chi connectivity index (χ2n) is 4.68. The Morgan fingerprint density at radius 2 is 2.00 bits per heavy atom. The topological polar surface area (TPSA) is 86.5 Å². The van der Waals surface area contributed by atoms with Gasteiger partial charge < -0.3 is 4.74 Å². The van der Waals surface area contributed by atoms with Gasteiger partial charge in [-0.05, 0) is 24.5 Å². The summed E-state index contributed by atoms with van der Waals surface area (Å²) in [5.41, 5.74) is -0.773. The largest absolute Gasteiger partial charge is 0.462 e. The molecule has 0 heterocycles. The second kappa shape index (κ2) is 5.45. The van der Waals surface area contributed by atoms with Crippen LogP contribution in [0.3, 0.4) is 0 Å². The second-order valence-corrected chi connectivity index (χ2v) is 6.21.